The number of rotatable bonds is 3. The number of hydrogen-bond donors (Lipinski definition) is 1. The third kappa shape index (κ3) is 3.07. The lowest BCUT2D eigenvalue weighted by Gasteiger charge is -2.29. The fourth-order valence-corrected chi connectivity index (χ4v) is 2.52. The second kappa shape index (κ2) is 5.32. The Kier molecular flexibility index (Phi) is 3.79. The van der Waals surface area contributed by atoms with Gasteiger partial charge in [0.1, 0.15) is 0 Å². The average Bonchev–Trinajstić information content (AvgIpc) is 2.31. The highest BCUT2D eigenvalue weighted by molar-refractivity contribution is 5.16. The third-order valence-electron chi connectivity index (χ3n) is 3.51. The van der Waals surface area contributed by atoms with Crippen LogP contribution in [0.1, 0.15) is 31.7 Å². The van der Waals surface area contributed by atoms with Crippen LogP contribution in [0.4, 0.5) is 0 Å². The van der Waals surface area contributed by atoms with Gasteiger partial charge in [0.25, 0.3) is 0 Å². The molecule has 0 aromatic heterocycles. The first kappa shape index (κ1) is 10.7. The van der Waals surface area contributed by atoms with Gasteiger partial charge < -0.3 is 5.32 Å². The summed E-state index contributed by atoms with van der Waals surface area (Å²) >= 11 is 0. The van der Waals surface area contributed by atoms with E-state index < -0.39 is 0 Å². The molecule has 1 aliphatic rings. The van der Waals surface area contributed by atoms with Crippen molar-refractivity contribution in [1.82, 2.24) is 5.32 Å². The molecule has 1 aromatic carbocycles. The molecule has 1 nitrogen and oxygen atoms in total. The lowest BCUT2D eigenvalue weighted by molar-refractivity contribution is 0.294. The summed E-state index contributed by atoms with van der Waals surface area (Å²) in [5, 5.41) is 3.63. The Morgan fingerprint density at radius 2 is 2.07 bits per heavy atom. The van der Waals surface area contributed by atoms with Gasteiger partial charge in [0.15, 0.2) is 0 Å². The van der Waals surface area contributed by atoms with E-state index in [9.17, 15) is 0 Å². The first-order valence-electron chi connectivity index (χ1n) is 6.15. The number of nitrogens with one attached hydrogen (secondary N) is 1. The third-order valence-corrected chi connectivity index (χ3v) is 3.51. The second-order valence-corrected chi connectivity index (χ2v) is 4.64. The highest BCUT2D eigenvalue weighted by Gasteiger charge is 2.19. The van der Waals surface area contributed by atoms with Crippen LogP contribution in [0, 0.1) is 5.92 Å². The van der Waals surface area contributed by atoms with Gasteiger partial charge >= 0.3 is 0 Å². The predicted molar refractivity (Wildman–Crippen MR) is 65.0 cm³/mol. The Morgan fingerprint density at radius 3 is 2.80 bits per heavy atom. The molecule has 2 unspecified atom stereocenters. The van der Waals surface area contributed by atoms with Gasteiger partial charge in [0, 0.05) is 6.04 Å². The summed E-state index contributed by atoms with van der Waals surface area (Å²) in [7, 11) is 0. The van der Waals surface area contributed by atoms with Crippen molar-refractivity contribution >= 4 is 0 Å². The lowest BCUT2D eigenvalue weighted by Crippen LogP contribution is -2.39. The Bertz CT molecular complexity index is 281. The van der Waals surface area contributed by atoms with Gasteiger partial charge in [-0.15, -0.1) is 0 Å². The molecular weight excluding hydrogens is 182 g/mol. The molecule has 2 atom stereocenters. The van der Waals surface area contributed by atoms with E-state index in [1.807, 2.05) is 0 Å². The Balaban J connectivity index is 1.89. The van der Waals surface area contributed by atoms with Gasteiger partial charge in [-0.25, -0.2) is 0 Å². The van der Waals surface area contributed by atoms with E-state index in [0.29, 0.717) is 6.04 Å². The van der Waals surface area contributed by atoms with Crippen molar-refractivity contribution in [3.63, 3.8) is 0 Å². The van der Waals surface area contributed by atoms with Gasteiger partial charge in [-0.3, -0.25) is 0 Å². The van der Waals surface area contributed by atoms with Crippen LogP contribution < -0.4 is 5.32 Å². The van der Waals surface area contributed by atoms with Crippen molar-refractivity contribution in [3.8, 4) is 0 Å². The monoisotopic (exact) mass is 203 g/mol. The summed E-state index contributed by atoms with van der Waals surface area (Å²) in [5.41, 5.74) is 1.46. The predicted octanol–water partition coefficient (Wildman–Crippen LogP) is 3.01. The zero-order chi connectivity index (χ0) is 10.5. The summed E-state index contributed by atoms with van der Waals surface area (Å²) in [6, 6.07) is 11.5. The van der Waals surface area contributed by atoms with Crippen LogP contribution in [0.2, 0.25) is 0 Å². The number of piperidine rings is 1. The van der Waals surface area contributed by atoms with E-state index in [-0.39, 0.29) is 0 Å². The Morgan fingerprint density at radius 1 is 1.27 bits per heavy atom. The van der Waals surface area contributed by atoms with Gasteiger partial charge in [0.2, 0.25) is 0 Å². The summed E-state index contributed by atoms with van der Waals surface area (Å²) in [6.45, 7) is 3.52. The maximum atomic E-state index is 3.63. The standard InChI is InChI=1S/C14H21N/c1-2-12-8-9-15-14(10-12)11-13-6-4-3-5-7-13/h3-7,12,14-15H,2,8-11H2,1H3. The first-order valence-corrected chi connectivity index (χ1v) is 6.15. The van der Waals surface area contributed by atoms with E-state index in [1.165, 1.54) is 37.8 Å². The summed E-state index contributed by atoms with van der Waals surface area (Å²) in [4.78, 5) is 0. The van der Waals surface area contributed by atoms with Crippen LogP contribution >= 0.6 is 0 Å². The van der Waals surface area contributed by atoms with Gasteiger partial charge in [0.05, 0.1) is 0 Å². The highest BCUT2D eigenvalue weighted by Crippen LogP contribution is 2.21. The maximum absolute atomic E-state index is 3.63. The number of benzene rings is 1. The van der Waals surface area contributed by atoms with Crippen molar-refractivity contribution in [2.45, 2.75) is 38.6 Å². The fourth-order valence-electron chi connectivity index (χ4n) is 2.52. The SMILES string of the molecule is CCC1CCNC(Cc2ccccc2)C1. The zero-order valence-electron chi connectivity index (χ0n) is 9.58. The van der Waals surface area contributed by atoms with Gasteiger partial charge in [-0.2, -0.15) is 0 Å². The van der Waals surface area contributed by atoms with E-state index in [4.69, 9.17) is 0 Å². The molecule has 2 rings (SSSR count). The molecule has 0 radical (unpaired) electrons. The van der Waals surface area contributed by atoms with Crippen molar-refractivity contribution in [2.75, 3.05) is 6.54 Å². The minimum absolute atomic E-state index is 0.700. The summed E-state index contributed by atoms with van der Waals surface area (Å²) in [6.07, 6.45) is 5.25. The van der Waals surface area contributed by atoms with Crippen molar-refractivity contribution in [3.05, 3.63) is 35.9 Å². The Labute approximate surface area is 92.9 Å². The molecule has 82 valence electrons. The molecule has 0 aliphatic carbocycles. The quantitative estimate of drug-likeness (QED) is 0.796. The van der Waals surface area contributed by atoms with Crippen molar-refractivity contribution < 1.29 is 0 Å². The molecule has 1 heterocycles. The molecule has 1 saturated heterocycles. The van der Waals surface area contributed by atoms with Crippen LogP contribution in [-0.2, 0) is 6.42 Å². The average molecular weight is 203 g/mol. The molecule has 0 amide bonds. The topological polar surface area (TPSA) is 12.0 Å². The van der Waals surface area contributed by atoms with Crippen molar-refractivity contribution in [2.24, 2.45) is 5.92 Å². The van der Waals surface area contributed by atoms with Gasteiger partial charge in [-0.1, -0.05) is 43.7 Å². The van der Waals surface area contributed by atoms with Crippen LogP contribution in [-0.4, -0.2) is 12.6 Å². The molecule has 0 spiro atoms. The van der Waals surface area contributed by atoms with Crippen LogP contribution in [0.25, 0.3) is 0 Å². The van der Waals surface area contributed by atoms with E-state index in [2.05, 4.69) is 42.6 Å². The Hall–Kier alpha value is -0.820. The van der Waals surface area contributed by atoms with Crippen molar-refractivity contribution in [1.29, 1.82) is 0 Å². The summed E-state index contributed by atoms with van der Waals surface area (Å²) in [5.74, 6) is 0.944. The van der Waals surface area contributed by atoms with Crippen LogP contribution in [0.5, 0.6) is 0 Å². The molecule has 1 aromatic rings. The molecule has 1 fully saturated rings. The number of hydrogen-bond acceptors (Lipinski definition) is 1. The smallest absolute Gasteiger partial charge is 0.0110 e. The lowest BCUT2D eigenvalue weighted by atomic mass is 9.88. The molecule has 0 saturated carbocycles. The largest absolute Gasteiger partial charge is 0.314 e. The zero-order valence-corrected chi connectivity index (χ0v) is 9.58. The molecule has 1 heteroatoms. The molecule has 1 aliphatic heterocycles. The maximum Gasteiger partial charge on any atom is 0.0110 e. The van der Waals surface area contributed by atoms with E-state index >= 15 is 0 Å². The molecule has 1 N–H and O–H groups in total. The normalized spacial score (nSPS) is 26.5. The second-order valence-electron chi connectivity index (χ2n) is 4.64. The van der Waals surface area contributed by atoms with E-state index in [1.54, 1.807) is 0 Å². The van der Waals surface area contributed by atoms with E-state index in [0.717, 1.165) is 5.92 Å². The molecule has 15 heavy (non-hydrogen) atoms. The molecular formula is C14H21N. The van der Waals surface area contributed by atoms with Crippen LogP contribution in [0.15, 0.2) is 30.3 Å². The van der Waals surface area contributed by atoms with Crippen LogP contribution in [0.3, 0.4) is 0 Å². The molecule has 0 bridgehead atoms. The summed E-state index contributed by atoms with van der Waals surface area (Å²) < 4.78 is 0. The first-order chi connectivity index (χ1) is 7.38. The fraction of sp³-hybridized carbons (Fsp3) is 0.571. The minimum atomic E-state index is 0.700. The highest BCUT2D eigenvalue weighted by atomic mass is 14.9. The van der Waals surface area contributed by atoms with Gasteiger partial charge in [-0.05, 0) is 37.3 Å². The minimum Gasteiger partial charge on any atom is -0.314 e.